The van der Waals surface area contributed by atoms with E-state index in [2.05, 4.69) is 22.7 Å². The van der Waals surface area contributed by atoms with Crippen molar-refractivity contribution in [3.63, 3.8) is 0 Å². The predicted molar refractivity (Wildman–Crippen MR) is 81.5 cm³/mol. The standard InChI is InChI=1S/C14H18N4OS/c1-2-4-11(13-5-3-8-20-13)17-14(19)10-6-7-16-9-12(10)18-15/h3,5-9,11,18H,2,4,15H2,1H3,(H,17,19). The molecule has 0 radical (unpaired) electrons. The topological polar surface area (TPSA) is 80.0 Å². The van der Waals surface area contributed by atoms with E-state index in [4.69, 9.17) is 5.84 Å². The molecule has 2 aromatic heterocycles. The van der Waals surface area contributed by atoms with Crippen molar-refractivity contribution in [2.75, 3.05) is 5.43 Å². The molecule has 2 aromatic rings. The number of nitrogen functional groups attached to an aromatic ring is 1. The van der Waals surface area contributed by atoms with Gasteiger partial charge in [0, 0.05) is 11.1 Å². The molecule has 0 aromatic carbocycles. The van der Waals surface area contributed by atoms with Crippen LogP contribution in [0.5, 0.6) is 0 Å². The summed E-state index contributed by atoms with van der Waals surface area (Å²) in [6, 6.07) is 5.72. The fourth-order valence-electron chi connectivity index (χ4n) is 2.01. The normalized spacial score (nSPS) is 11.9. The zero-order valence-electron chi connectivity index (χ0n) is 11.3. The minimum atomic E-state index is -0.146. The van der Waals surface area contributed by atoms with Gasteiger partial charge in [0.2, 0.25) is 0 Å². The van der Waals surface area contributed by atoms with Crippen molar-refractivity contribution in [3.05, 3.63) is 46.4 Å². The highest BCUT2D eigenvalue weighted by atomic mass is 32.1. The Balaban J connectivity index is 2.16. The Morgan fingerprint density at radius 1 is 1.50 bits per heavy atom. The van der Waals surface area contributed by atoms with Gasteiger partial charge in [0.05, 0.1) is 23.5 Å². The quantitative estimate of drug-likeness (QED) is 0.564. The van der Waals surface area contributed by atoms with Crippen LogP contribution in [0.25, 0.3) is 0 Å². The molecule has 2 rings (SSSR count). The van der Waals surface area contributed by atoms with Gasteiger partial charge in [-0.3, -0.25) is 15.6 Å². The van der Waals surface area contributed by atoms with Crippen molar-refractivity contribution >= 4 is 22.9 Å². The monoisotopic (exact) mass is 290 g/mol. The van der Waals surface area contributed by atoms with E-state index >= 15 is 0 Å². The van der Waals surface area contributed by atoms with E-state index in [1.54, 1.807) is 23.6 Å². The number of nitrogens with zero attached hydrogens (tertiary/aromatic N) is 1. The molecule has 1 unspecified atom stereocenters. The Hall–Kier alpha value is -1.92. The summed E-state index contributed by atoms with van der Waals surface area (Å²) in [6.45, 7) is 2.10. The van der Waals surface area contributed by atoms with E-state index in [0.29, 0.717) is 11.3 Å². The largest absolute Gasteiger partial charge is 0.344 e. The molecule has 0 spiro atoms. The van der Waals surface area contributed by atoms with Gasteiger partial charge in [-0.05, 0) is 23.9 Å². The lowest BCUT2D eigenvalue weighted by Crippen LogP contribution is -2.29. The number of aromatic nitrogens is 1. The number of nitrogens with one attached hydrogen (secondary N) is 2. The number of carbonyl (C=O) groups is 1. The average Bonchev–Trinajstić information content (AvgIpc) is 3.00. The number of hydrogen-bond donors (Lipinski definition) is 3. The summed E-state index contributed by atoms with van der Waals surface area (Å²) in [7, 11) is 0. The molecule has 20 heavy (non-hydrogen) atoms. The zero-order valence-corrected chi connectivity index (χ0v) is 12.1. The number of nitrogens with two attached hydrogens (primary N) is 1. The fourth-order valence-corrected chi connectivity index (χ4v) is 2.82. The lowest BCUT2D eigenvalue weighted by molar-refractivity contribution is 0.0936. The number of pyridine rings is 1. The smallest absolute Gasteiger partial charge is 0.254 e. The molecule has 0 saturated carbocycles. The van der Waals surface area contributed by atoms with Crippen LogP contribution in [-0.4, -0.2) is 10.9 Å². The molecule has 2 heterocycles. The molecule has 5 nitrogen and oxygen atoms in total. The van der Waals surface area contributed by atoms with Crippen LogP contribution in [0, 0.1) is 0 Å². The summed E-state index contributed by atoms with van der Waals surface area (Å²) in [5.74, 6) is 5.26. The van der Waals surface area contributed by atoms with E-state index < -0.39 is 0 Å². The third-order valence-electron chi connectivity index (χ3n) is 2.99. The Morgan fingerprint density at radius 2 is 2.35 bits per heavy atom. The number of hydrazine groups is 1. The highest BCUT2D eigenvalue weighted by molar-refractivity contribution is 7.10. The van der Waals surface area contributed by atoms with Crippen LogP contribution < -0.4 is 16.6 Å². The molecular formula is C14H18N4OS. The maximum atomic E-state index is 12.4. The lowest BCUT2D eigenvalue weighted by atomic mass is 10.1. The molecule has 6 heteroatoms. The highest BCUT2D eigenvalue weighted by Gasteiger charge is 2.17. The van der Waals surface area contributed by atoms with Gasteiger partial charge in [-0.1, -0.05) is 19.4 Å². The molecule has 106 valence electrons. The van der Waals surface area contributed by atoms with Crippen molar-refractivity contribution < 1.29 is 4.79 Å². The average molecular weight is 290 g/mol. The Kier molecular flexibility index (Phi) is 5.09. The fraction of sp³-hybridized carbons (Fsp3) is 0.286. The highest BCUT2D eigenvalue weighted by Crippen LogP contribution is 2.24. The van der Waals surface area contributed by atoms with Crippen molar-refractivity contribution in [1.82, 2.24) is 10.3 Å². The van der Waals surface area contributed by atoms with Gasteiger partial charge in [0.15, 0.2) is 0 Å². The van der Waals surface area contributed by atoms with Gasteiger partial charge in [-0.25, -0.2) is 0 Å². The van der Waals surface area contributed by atoms with E-state index in [0.717, 1.165) is 17.7 Å². The summed E-state index contributed by atoms with van der Waals surface area (Å²) >= 11 is 1.65. The second-order valence-electron chi connectivity index (χ2n) is 4.40. The third-order valence-corrected chi connectivity index (χ3v) is 3.98. The predicted octanol–water partition coefficient (Wildman–Crippen LogP) is 2.70. The molecule has 1 atom stereocenters. The second kappa shape index (κ2) is 7.02. The van der Waals surface area contributed by atoms with Crippen LogP contribution in [0.1, 0.15) is 41.0 Å². The first-order chi connectivity index (χ1) is 9.76. The van der Waals surface area contributed by atoms with Crippen LogP contribution in [0.15, 0.2) is 36.0 Å². The van der Waals surface area contributed by atoms with Gasteiger partial charge in [-0.15, -0.1) is 11.3 Å². The number of thiophene rings is 1. The first kappa shape index (κ1) is 14.5. The molecule has 0 saturated heterocycles. The zero-order chi connectivity index (χ0) is 14.4. The Bertz CT molecular complexity index is 556. The first-order valence-electron chi connectivity index (χ1n) is 6.51. The number of rotatable bonds is 6. The van der Waals surface area contributed by atoms with Crippen LogP contribution in [-0.2, 0) is 0 Å². The molecule has 0 bridgehead atoms. The van der Waals surface area contributed by atoms with Crippen LogP contribution in [0.2, 0.25) is 0 Å². The van der Waals surface area contributed by atoms with Crippen LogP contribution >= 0.6 is 11.3 Å². The maximum Gasteiger partial charge on any atom is 0.254 e. The molecule has 0 fully saturated rings. The lowest BCUT2D eigenvalue weighted by Gasteiger charge is -2.17. The molecule has 0 aliphatic heterocycles. The van der Waals surface area contributed by atoms with Gasteiger partial charge >= 0.3 is 0 Å². The van der Waals surface area contributed by atoms with Gasteiger partial charge < -0.3 is 10.7 Å². The van der Waals surface area contributed by atoms with Gasteiger partial charge in [0.1, 0.15) is 0 Å². The summed E-state index contributed by atoms with van der Waals surface area (Å²) < 4.78 is 0. The number of carbonyl (C=O) groups excluding carboxylic acids is 1. The Morgan fingerprint density at radius 3 is 3.00 bits per heavy atom. The van der Waals surface area contributed by atoms with Crippen LogP contribution in [0.4, 0.5) is 5.69 Å². The van der Waals surface area contributed by atoms with Crippen molar-refractivity contribution in [2.45, 2.75) is 25.8 Å². The van der Waals surface area contributed by atoms with Crippen LogP contribution in [0.3, 0.4) is 0 Å². The maximum absolute atomic E-state index is 12.4. The Labute approximate surface area is 122 Å². The van der Waals surface area contributed by atoms with Crippen molar-refractivity contribution in [1.29, 1.82) is 0 Å². The second-order valence-corrected chi connectivity index (χ2v) is 5.38. The minimum Gasteiger partial charge on any atom is -0.344 e. The van der Waals surface area contributed by atoms with Crippen molar-refractivity contribution in [3.8, 4) is 0 Å². The molecular weight excluding hydrogens is 272 g/mol. The number of anilines is 1. The van der Waals surface area contributed by atoms with Crippen molar-refractivity contribution in [2.24, 2.45) is 5.84 Å². The van der Waals surface area contributed by atoms with Gasteiger partial charge in [-0.2, -0.15) is 0 Å². The SMILES string of the molecule is CCCC(NC(=O)c1ccncc1NN)c1cccs1. The molecule has 0 aliphatic rings. The van der Waals surface area contributed by atoms with E-state index in [1.165, 1.54) is 6.20 Å². The third kappa shape index (κ3) is 3.34. The summed E-state index contributed by atoms with van der Waals surface area (Å²) in [4.78, 5) is 17.5. The molecule has 0 aliphatic carbocycles. The summed E-state index contributed by atoms with van der Waals surface area (Å²) in [5.41, 5.74) is 3.52. The first-order valence-corrected chi connectivity index (χ1v) is 7.39. The minimum absolute atomic E-state index is 0.0336. The number of hydrogen-bond acceptors (Lipinski definition) is 5. The van der Waals surface area contributed by atoms with E-state index in [9.17, 15) is 4.79 Å². The molecule has 4 N–H and O–H groups in total. The summed E-state index contributed by atoms with van der Waals surface area (Å²) in [6.07, 6.45) is 5.02. The van der Waals surface area contributed by atoms with E-state index in [1.807, 2.05) is 17.5 Å². The summed E-state index contributed by atoms with van der Waals surface area (Å²) in [5, 5.41) is 5.08. The van der Waals surface area contributed by atoms with Gasteiger partial charge in [0.25, 0.3) is 5.91 Å². The molecule has 1 amide bonds. The van der Waals surface area contributed by atoms with E-state index in [-0.39, 0.29) is 11.9 Å². The number of amides is 1.